The predicted octanol–water partition coefficient (Wildman–Crippen LogP) is 1.34. The maximum atomic E-state index is 11.7. The zero-order valence-corrected chi connectivity index (χ0v) is 14.8. The highest BCUT2D eigenvalue weighted by Crippen LogP contribution is 2.65. The summed E-state index contributed by atoms with van der Waals surface area (Å²) in [7, 11) is 0. The summed E-state index contributed by atoms with van der Waals surface area (Å²) in [5, 5.41) is 22.2. The number of carbonyl (C=O) groups is 1. The number of fused-ring (bicyclic) bond motifs is 5. The first-order valence-corrected chi connectivity index (χ1v) is 8.97. The Morgan fingerprint density at radius 1 is 0.958 bits per heavy atom. The molecule has 6 N–H and O–H groups in total. The summed E-state index contributed by atoms with van der Waals surface area (Å²) in [6.07, 6.45) is 8.71. The molecule has 0 aliphatic heterocycles. The van der Waals surface area contributed by atoms with Crippen LogP contribution in [0, 0.1) is 23.2 Å². The fraction of sp³-hybridized carbons (Fsp3) is 0.842. The normalized spacial score (nSPS) is 49.8. The fourth-order valence-corrected chi connectivity index (χ4v) is 6.43. The summed E-state index contributed by atoms with van der Waals surface area (Å²) < 4.78 is 0. The minimum Gasteiger partial charge on any atom is -0.412 e. The molecule has 0 spiro atoms. The lowest BCUT2D eigenvalue weighted by atomic mass is 9.49. The van der Waals surface area contributed by atoms with E-state index in [1.54, 1.807) is 6.08 Å². The monoisotopic (exact) mass is 340 g/mol. The summed E-state index contributed by atoms with van der Waals surface area (Å²) in [6.45, 7) is 4.27. The van der Waals surface area contributed by atoms with Crippen LogP contribution in [0.3, 0.4) is 0 Å². The molecule has 3 fully saturated rings. The Hall–Kier alpha value is -0.750. The van der Waals surface area contributed by atoms with Gasteiger partial charge in [-0.25, -0.2) is 0 Å². The minimum atomic E-state index is -0.743. The van der Waals surface area contributed by atoms with Crippen molar-refractivity contribution in [2.24, 2.45) is 23.2 Å². The Labute approximate surface area is 143 Å². The predicted molar refractivity (Wildman–Crippen MR) is 91.4 cm³/mol. The maximum absolute atomic E-state index is 11.7. The molecule has 4 aliphatic rings. The molecule has 0 radical (unpaired) electrons. The van der Waals surface area contributed by atoms with Gasteiger partial charge in [0.25, 0.3) is 0 Å². The van der Waals surface area contributed by atoms with Gasteiger partial charge < -0.3 is 21.2 Å². The first-order chi connectivity index (χ1) is 10.3. The first-order valence-electron chi connectivity index (χ1n) is 8.97. The fourth-order valence-electron chi connectivity index (χ4n) is 6.43. The minimum absolute atomic E-state index is 0. The average molecular weight is 340 g/mol. The van der Waals surface area contributed by atoms with Gasteiger partial charge in [-0.2, -0.15) is 0 Å². The van der Waals surface area contributed by atoms with Gasteiger partial charge in [0, 0.05) is 6.42 Å². The molecule has 0 bridgehead atoms. The molecule has 0 unspecified atom stereocenters. The van der Waals surface area contributed by atoms with Crippen LogP contribution in [0.5, 0.6) is 0 Å². The van der Waals surface area contributed by atoms with Crippen molar-refractivity contribution in [1.29, 1.82) is 0 Å². The van der Waals surface area contributed by atoms with Crippen LogP contribution >= 0.6 is 0 Å². The lowest BCUT2D eigenvalue weighted by Crippen LogP contribution is -2.57. The van der Waals surface area contributed by atoms with Crippen LogP contribution < -0.4 is 0 Å². The van der Waals surface area contributed by atoms with Gasteiger partial charge in [0.2, 0.25) is 0 Å². The van der Waals surface area contributed by atoms with Gasteiger partial charge >= 0.3 is 0 Å². The third kappa shape index (κ3) is 2.32. The molecular weight excluding hydrogens is 308 g/mol. The largest absolute Gasteiger partial charge is 0.412 e. The molecule has 5 heteroatoms. The Morgan fingerprint density at radius 2 is 1.62 bits per heavy atom. The van der Waals surface area contributed by atoms with E-state index in [9.17, 15) is 15.0 Å². The van der Waals surface area contributed by atoms with E-state index in [0.717, 1.165) is 44.1 Å². The van der Waals surface area contributed by atoms with E-state index in [4.69, 9.17) is 0 Å². The number of carbonyl (C=O) groups excluding carboxylic acids is 1. The molecule has 0 aromatic carbocycles. The second-order valence-electron chi connectivity index (χ2n) is 8.74. The van der Waals surface area contributed by atoms with Crippen LogP contribution in [0.25, 0.3) is 0 Å². The Kier molecular flexibility index (Phi) is 4.82. The van der Waals surface area contributed by atoms with E-state index in [2.05, 4.69) is 6.92 Å². The smallest absolute Gasteiger partial charge is 0.155 e. The van der Waals surface area contributed by atoms with E-state index in [1.165, 1.54) is 0 Å². The summed E-state index contributed by atoms with van der Waals surface area (Å²) >= 11 is 0. The summed E-state index contributed by atoms with van der Waals surface area (Å²) in [5.74, 6) is 1.49. The average Bonchev–Trinajstić information content (AvgIpc) is 2.70. The Balaban J connectivity index is 0.00000104. The number of hydrogen-bond acceptors (Lipinski definition) is 3. The first kappa shape index (κ1) is 19.6. The molecule has 5 nitrogen and oxygen atoms in total. The van der Waals surface area contributed by atoms with E-state index in [1.807, 2.05) is 6.92 Å². The Morgan fingerprint density at radius 3 is 2.33 bits per heavy atom. The van der Waals surface area contributed by atoms with Crippen molar-refractivity contribution in [2.75, 3.05) is 0 Å². The van der Waals surface area contributed by atoms with Crippen molar-refractivity contribution in [3.63, 3.8) is 0 Å². The molecule has 3 saturated carbocycles. The van der Waals surface area contributed by atoms with Gasteiger partial charge in [0.1, 0.15) is 0 Å². The highest BCUT2D eigenvalue weighted by atomic mass is 16.3. The van der Waals surface area contributed by atoms with Crippen LogP contribution in [-0.2, 0) is 4.79 Å². The molecule has 0 heterocycles. The number of aliphatic hydroxyl groups is 2. The van der Waals surface area contributed by atoms with Crippen LogP contribution in [0.4, 0.5) is 0 Å². The van der Waals surface area contributed by atoms with E-state index < -0.39 is 11.2 Å². The number of rotatable bonds is 0. The van der Waals surface area contributed by atoms with Crippen molar-refractivity contribution in [1.82, 2.24) is 0 Å². The standard InChI is InChI=1S/C19H28O3.2H2O/c1-17-8-6-16-14(15(17)7-9-18(17,2)21)4-3-12-11-13(20)5-10-19(12,16)22;;/h11,14-16,21-22H,3-10H2,1-2H3;2*1H2/t14-,15-,16-,17-,18-,19+;;/m0../s1. The highest BCUT2D eigenvalue weighted by molar-refractivity contribution is 5.92. The van der Waals surface area contributed by atoms with Crippen molar-refractivity contribution < 1.29 is 26.0 Å². The second-order valence-corrected chi connectivity index (χ2v) is 8.74. The van der Waals surface area contributed by atoms with Crippen LogP contribution in [0.1, 0.15) is 65.2 Å². The maximum Gasteiger partial charge on any atom is 0.155 e. The van der Waals surface area contributed by atoms with Gasteiger partial charge in [0.15, 0.2) is 5.78 Å². The SMILES string of the molecule is C[C@]1(O)CC[C@H]2[C@@H]3CCC4=CC(=O)CC[C@]4(O)[C@H]3CC[C@@]21C.O.O. The number of ketones is 1. The molecule has 0 amide bonds. The van der Waals surface area contributed by atoms with Crippen LogP contribution in [-0.4, -0.2) is 38.2 Å². The van der Waals surface area contributed by atoms with Gasteiger partial charge in [-0.15, -0.1) is 0 Å². The number of hydrogen-bond donors (Lipinski definition) is 2. The summed E-state index contributed by atoms with van der Waals surface area (Å²) in [4.78, 5) is 11.7. The summed E-state index contributed by atoms with van der Waals surface area (Å²) in [5.41, 5.74) is -0.314. The third-order valence-electron chi connectivity index (χ3n) is 8.00. The summed E-state index contributed by atoms with van der Waals surface area (Å²) in [6, 6.07) is 0. The van der Waals surface area contributed by atoms with E-state index >= 15 is 0 Å². The molecule has 24 heavy (non-hydrogen) atoms. The second kappa shape index (κ2) is 5.90. The molecule has 0 saturated heterocycles. The molecular formula is C19H32O5. The van der Waals surface area contributed by atoms with Crippen molar-refractivity contribution in [2.45, 2.75) is 76.4 Å². The molecule has 6 atom stereocenters. The van der Waals surface area contributed by atoms with Gasteiger partial charge in [-0.1, -0.05) is 6.92 Å². The zero-order chi connectivity index (χ0) is 15.8. The molecule has 0 aromatic heterocycles. The van der Waals surface area contributed by atoms with Crippen molar-refractivity contribution in [3.8, 4) is 0 Å². The van der Waals surface area contributed by atoms with Crippen molar-refractivity contribution >= 4 is 5.78 Å². The quantitative estimate of drug-likeness (QED) is 0.692. The highest BCUT2D eigenvalue weighted by Gasteiger charge is 2.63. The van der Waals surface area contributed by atoms with Gasteiger partial charge in [0.05, 0.1) is 11.2 Å². The van der Waals surface area contributed by atoms with Gasteiger partial charge in [-0.3, -0.25) is 4.79 Å². The van der Waals surface area contributed by atoms with Crippen LogP contribution in [0.2, 0.25) is 0 Å². The Bertz CT molecular complexity index is 554. The van der Waals surface area contributed by atoms with E-state index in [-0.39, 0.29) is 28.1 Å². The van der Waals surface area contributed by atoms with Crippen LogP contribution in [0.15, 0.2) is 11.6 Å². The molecule has 4 rings (SSSR count). The third-order valence-corrected chi connectivity index (χ3v) is 8.00. The lowest BCUT2D eigenvalue weighted by Gasteiger charge is -2.57. The topological polar surface area (TPSA) is 121 Å². The molecule has 0 aromatic rings. The molecule has 4 aliphatic carbocycles. The lowest BCUT2D eigenvalue weighted by molar-refractivity contribution is -0.144. The van der Waals surface area contributed by atoms with Crippen molar-refractivity contribution in [3.05, 3.63) is 11.6 Å². The zero-order valence-electron chi connectivity index (χ0n) is 14.8. The van der Waals surface area contributed by atoms with Gasteiger partial charge in [-0.05, 0) is 86.7 Å². The van der Waals surface area contributed by atoms with E-state index in [0.29, 0.717) is 24.7 Å². The molecule has 138 valence electrons.